The smallest absolute Gasteiger partial charge is 0.262 e. The molecule has 6 heteroatoms. The maximum absolute atomic E-state index is 12.5. The second kappa shape index (κ2) is 9.14. The molecule has 0 aliphatic heterocycles. The van der Waals surface area contributed by atoms with Crippen LogP contribution >= 0.6 is 0 Å². The summed E-state index contributed by atoms with van der Waals surface area (Å²) in [5, 5.41) is 2.87. The molecule has 0 spiro atoms. The number of carbonyl (C=O) groups is 1. The van der Waals surface area contributed by atoms with Gasteiger partial charge in [0.15, 0.2) is 12.2 Å². The van der Waals surface area contributed by atoms with Crippen LogP contribution in [0.4, 0.5) is 5.69 Å². The molecule has 32 heavy (non-hydrogen) atoms. The van der Waals surface area contributed by atoms with Gasteiger partial charge in [0.1, 0.15) is 17.0 Å². The number of ether oxygens (including phenoxy) is 2. The van der Waals surface area contributed by atoms with Gasteiger partial charge in [0.25, 0.3) is 5.91 Å². The fraction of sp³-hybridized carbons (Fsp3) is 0.231. The number of anilines is 1. The second-order valence-electron chi connectivity index (χ2n) is 7.96. The van der Waals surface area contributed by atoms with E-state index >= 15 is 0 Å². The Bertz CT molecular complexity index is 1240. The lowest BCUT2D eigenvalue weighted by atomic mass is 10.0. The number of amides is 1. The minimum absolute atomic E-state index is 0.0723. The number of aryl methyl sites for hydroxylation is 1. The number of nitrogens with one attached hydrogen (secondary N) is 1. The molecule has 3 aromatic carbocycles. The summed E-state index contributed by atoms with van der Waals surface area (Å²) in [6.45, 7) is 6.14. The molecule has 1 N–H and O–H groups in total. The zero-order valence-electron chi connectivity index (χ0n) is 18.6. The Morgan fingerprint density at radius 2 is 1.84 bits per heavy atom. The van der Waals surface area contributed by atoms with Gasteiger partial charge in [0.05, 0.1) is 7.11 Å². The monoisotopic (exact) mass is 430 g/mol. The molecule has 0 bridgehead atoms. The molecule has 4 aromatic rings. The van der Waals surface area contributed by atoms with Crippen molar-refractivity contribution in [1.29, 1.82) is 0 Å². The highest BCUT2D eigenvalue weighted by Gasteiger charge is 2.12. The van der Waals surface area contributed by atoms with Gasteiger partial charge in [-0.1, -0.05) is 26.0 Å². The molecule has 1 heterocycles. The molecule has 6 nitrogen and oxygen atoms in total. The van der Waals surface area contributed by atoms with Crippen molar-refractivity contribution >= 4 is 22.7 Å². The van der Waals surface area contributed by atoms with E-state index < -0.39 is 0 Å². The van der Waals surface area contributed by atoms with Crippen LogP contribution in [0.2, 0.25) is 0 Å². The molecule has 0 atom stereocenters. The molecule has 0 aliphatic rings. The van der Waals surface area contributed by atoms with Gasteiger partial charge in [-0.3, -0.25) is 4.79 Å². The molecule has 1 aromatic heterocycles. The minimum atomic E-state index is -0.237. The Balaban J connectivity index is 1.45. The Hall–Kier alpha value is -3.80. The van der Waals surface area contributed by atoms with Gasteiger partial charge in [-0.15, -0.1) is 0 Å². The average Bonchev–Trinajstić information content (AvgIpc) is 3.21. The predicted octanol–water partition coefficient (Wildman–Crippen LogP) is 5.95. The molecule has 0 saturated heterocycles. The Morgan fingerprint density at radius 1 is 1.06 bits per heavy atom. The summed E-state index contributed by atoms with van der Waals surface area (Å²) in [6.07, 6.45) is 0. The second-order valence-corrected chi connectivity index (χ2v) is 7.96. The van der Waals surface area contributed by atoms with E-state index in [0.717, 1.165) is 28.2 Å². The summed E-state index contributed by atoms with van der Waals surface area (Å²) < 4.78 is 16.9. The van der Waals surface area contributed by atoms with Gasteiger partial charge in [0.2, 0.25) is 5.89 Å². The summed E-state index contributed by atoms with van der Waals surface area (Å²) in [6, 6.07) is 18.9. The lowest BCUT2D eigenvalue weighted by molar-refractivity contribution is -0.118. The van der Waals surface area contributed by atoms with Crippen LogP contribution in [0, 0.1) is 6.92 Å². The van der Waals surface area contributed by atoms with Gasteiger partial charge < -0.3 is 19.2 Å². The molecular weight excluding hydrogens is 404 g/mol. The Labute approximate surface area is 187 Å². The Morgan fingerprint density at radius 3 is 2.56 bits per heavy atom. The van der Waals surface area contributed by atoms with Gasteiger partial charge in [0, 0.05) is 11.3 Å². The zero-order chi connectivity index (χ0) is 22.7. The Kier molecular flexibility index (Phi) is 6.12. The van der Waals surface area contributed by atoms with E-state index in [9.17, 15) is 4.79 Å². The maximum atomic E-state index is 12.5. The van der Waals surface area contributed by atoms with Gasteiger partial charge in [-0.25, -0.2) is 4.98 Å². The molecule has 0 saturated carbocycles. The van der Waals surface area contributed by atoms with Crippen molar-refractivity contribution in [1.82, 2.24) is 4.98 Å². The number of benzene rings is 3. The first kappa shape index (κ1) is 21.4. The van der Waals surface area contributed by atoms with E-state index in [0.29, 0.717) is 28.6 Å². The van der Waals surface area contributed by atoms with Crippen molar-refractivity contribution in [3.63, 3.8) is 0 Å². The van der Waals surface area contributed by atoms with Crippen molar-refractivity contribution in [2.45, 2.75) is 26.7 Å². The number of rotatable bonds is 7. The molecule has 4 rings (SSSR count). The van der Waals surface area contributed by atoms with E-state index in [4.69, 9.17) is 13.9 Å². The lowest BCUT2D eigenvalue weighted by Gasteiger charge is -2.14. The first-order chi connectivity index (χ1) is 15.4. The summed E-state index contributed by atoms with van der Waals surface area (Å²) in [7, 11) is 1.62. The number of oxazole rings is 1. The fourth-order valence-electron chi connectivity index (χ4n) is 3.45. The van der Waals surface area contributed by atoms with E-state index in [1.807, 2.05) is 43.3 Å². The van der Waals surface area contributed by atoms with E-state index in [1.54, 1.807) is 25.3 Å². The SMILES string of the molecule is COc1ccc(-c2nc3cc(NC(=O)COc4cc(C)ccc4C(C)C)ccc3o2)cc1. The molecule has 0 aliphatic carbocycles. The van der Waals surface area contributed by atoms with Gasteiger partial charge >= 0.3 is 0 Å². The highest BCUT2D eigenvalue weighted by molar-refractivity contribution is 5.94. The van der Waals surface area contributed by atoms with Crippen LogP contribution in [0.5, 0.6) is 11.5 Å². The van der Waals surface area contributed by atoms with Gasteiger partial charge in [-0.2, -0.15) is 0 Å². The highest BCUT2D eigenvalue weighted by atomic mass is 16.5. The van der Waals surface area contributed by atoms with E-state index in [1.165, 1.54) is 0 Å². The number of methoxy groups -OCH3 is 1. The van der Waals surface area contributed by atoms with Crippen molar-refractivity contribution in [2.75, 3.05) is 19.0 Å². The third kappa shape index (κ3) is 4.75. The van der Waals surface area contributed by atoms with Gasteiger partial charge in [-0.05, 0) is 72.5 Å². The van der Waals surface area contributed by atoms with Crippen LogP contribution in [0.3, 0.4) is 0 Å². The predicted molar refractivity (Wildman–Crippen MR) is 125 cm³/mol. The van der Waals surface area contributed by atoms with E-state index in [2.05, 4.69) is 30.2 Å². The third-order valence-corrected chi connectivity index (χ3v) is 5.16. The quantitative estimate of drug-likeness (QED) is 0.392. The summed E-state index contributed by atoms with van der Waals surface area (Å²) in [5.41, 5.74) is 4.96. The topological polar surface area (TPSA) is 73.6 Å². The van der Waals surface area contributed by atoms with Crippen LogP contribution in [-0.4, -0.2) is 24.6 Å². The van der Waals surface area contributed by atoms with Crippen LogP contribution in [-0.2, 0) is 4.79 Å². The number of aromatic nitrogens is 1. The van der Waals surface area contributed by atoms with Crippen molar-refractivity contribution in [3.8, 4) is 23.0 Å². The maximum Gasteiger partial charge on any atom is 0.262 e. The number of fused-ring (bicyclic) bond motifs is 1. The normalized spacial score (nSPS) is 11.0. The molecule has 0 radical (unpaired) electrons. The van der Waals surface area contributed by atoms with E-state index in [-0.39, 0.29) is 12.5 Å². The summed E-state index contributed by atoms with van der Waals surface area (Å²) in [4.78, 5) is 17.0. The van der Waals surface area contributed by atoms with Crippen LogP contribution < -0.4 is 14.8 Å². The van der Waals surface area contributed by atoms with Crippen LogP contribution in [0.25, 0.3) is 22.6 Å². The zero-order valence-corrected chi connectivity index (χ0v) is 18.6. The molecular formula is C26H26N2O4. The van der Waals surface area contributed by atoms with Crippen molar-refractivity contribution < 1.29 is 18.7 Å². The average molecular weight is 431 g/mol. The first-order valence-electron chi connectivity index (χ1n) is 10.5. The minimum Gasteiger partial charge on any atom is -0.497 e. The largest absolute Gasteiger partial charge is 0.497 e. The van der Waals surface area contributed by atoms with Crippen molar-refractivity contribution in [2.24, 2.45) is 0 Å². The number of carbonyl (C=O) groups excluding carboxylic acids is 1. The van der Waals surface area contributed by atoms with Crippen LogP contribution in [0.15, 0.2) is 65.1 Å². The molecule has 1 amide bonds. The van der Waals surface area contributed by atoms with Crippen molar-refractivity contribution in [3.05, 3.63) is 71.8 Å². The third-order valence-electron chi connectivity index (χ3n) is 5.16. The lowest BCUT2D eigenvalue weighted by Crippen LogP contribution is -2.20. The molecule has 164 valence electrons. The highest BCUT2D eigenvalue weighted by Crippen LogP contribution is 2.29. The number of hydrogen-bond acceptors (Lipinski definition) is 5. The molecule has 0 unspecified atom stereocenters. The summed E-state index contributed by atoms with van der Waals surface area (Å²) >= 11 is 0. The standard InChI is InChI=1S/C26H26N2O4/c1-16(2)21-11-5-17(3)13-24(21)31-15-25(29)27-19-8-12-23-22(14-19)28-26(32-23)18-6-9-20(30-4)10-7-18/h5-14,16H,15H2,1-4H3,(H,27,29). The summed E-state index contributed by atoms with van der Waals surface area (Å²) in [5.74, 6) is 2.09. The fourth-order valence-corrected chi connectivity index (χ4v) is 3.45. The molecule has 0 fully saturated rings. The first-order valence-corrected chi connectivity index (χ1v) is 10.5. The number of hydrogen-bond donors (Lipinski definition) is 1. The van der Waals surface area contributed by atoms with Crippen LogP contribution in [0.1, 0.15) is 30.9 Å². The number of nitrogens with zero attached hydrogens (tertiary/aromatic N) is 1.